The molecule has 0 N–H and O–H groups in total. The monoisotopic (exact) mass is 471 g/mol. The summed E-state index contributed by atoms with van der Waals surface area (Å²) in [5.41, 5.74) is 3.06. The molecule has 0 amide bonds. The third-order valence-electron chi connectivity index (χ3n) is 4.96. The molecule has 32 heavy (non-hydrogen) atoms. The Kier molecular flexibility index (Phi) is 8.23. The van der Waals surface area contributed by atoms with Crippen LogP contribution in [0.2, 0.25) is 0 Å². The Morgan fingerprint density at radius 2 is 1.44 bits per heavy atom. The average Bonchev–Trinajstić information content (AvgIpc) is 2.79. The molecule has 0 aliphatic rings. The predicted octanol–water partition coefficient (Wildman–Crippen LogP) is 5.64. The maximum atomic E-state index is 13.1. The predicted molar refractivity (Wildman–Crippen MR) is 130 cm³/mol. The highest BCUT2D eigenvalue weighted by molar-refractivity contribution is 8.00. The van der Waals surface area contributed by atoms with Gasteiger partial charge < -0.3 is 9.47 Å². The van der Waals surface area contributed by atoms with Crippen LogP contribution in [0.1, 0.15) is 29.7 Å². The Bertz CT molecular complexity index is 1150. The van der Waals surface area contributed by atoms with E-state index in [0.29, 0.717) is 12.4 Å². The lowest BCUT2D eigenvalue weighted by molar-refractivity contribution is 0.0795. The van der Waals surface area contributed by atoms with Gasteiger partial charge in [0.2, 0.25) is 0 Å². The van der Waals surface area contributed by atoms with Crippen molar-refractivity contribution in [3.8, 4) is 5.75 Å². The number of hydrogen-bond acceptors (Lipinski definition) is 4. The maximum absolute atomic E-state index is 13.1. The first kappa shape index (κ1) is 24.2. The topological polar surface area (TPSA) is 65.0 Å². The van der Waals surface area contributed by atoms with E-state index >= 15 is 0 Å². The van der Waals surface area contributed by atoms with Gasteiger partial charge in [0.15, 0.2) is 0 Å². The number of aryl methyl sites for hydroxylation is 2. The highest BCUT2D eigenvalue weighted by atomic mass is 32.3. The summed E-state index contributed by atoms with van der Waals surface area (Å²) < 4.78 is 41.9. The first-order chi connectivity index (χ1) is 15.3. The minimum Gasteiger partial charge on any atom is -0.497 e. The fourth-order valence-electron chi connectivity index (χ4n) is 3.14. The summed E-state index contributed by atoms with van der Waals surface area (Å²) in [6.45, 7) is 6.36. The molecule has 2 atom stereocenters. The van der Waals surface area contributed by atoms with Crippen LogP contribution < -0.4 is 4.74 Å². The van der Waals surface area contributed by atoms with E-state index in [1.807, 2.05) is 69.3 Å². The molecule has 0 heterocycles. The molecule has 0 spiro atoms. The number of nitrogens with zero attached hydrogens (tertiary/aromatic N) is 1. The first-order valence-electron chi connectivity index (χ1n) is 10.4. The van der Waals surface area contributed by atoms with Gasteiger partial charge in [0.25, 0.3) is 10.0 Å². The standard InChI is InChI=1S/C25H29NO4S2/c1-5-30-25(21-10-12-22(29-4)13-11-21)18-31(23-14-6-19(2)7-15-23)26-32(27,28)24-16-8-20(3)9-17-24/h6-17,25H,5,18H2,1-4H3/t25-,31-/m1/s1. The molecule has 3 rings (SSSR count). The van der Waals surface area contributed by atoms with Gasteiger partial charge in [-0.15, -0.1) is 3.77 Å². The van der Waals surface area contributed by atoms with Gasteiger partial charge in [-0.25, -0.2) is 0 Å². The van der Waals surface area contributed by atoms with Crippen molar-refractivity contribution in [1.29, 1.82) is 0 Å². The number of rotatable bonds is 9. The summed E-state index contributed by atoms with van der Waals surface area (Å²) >= 11 is 0. The smallest absolute Gasteiger partial charge is 0.288 e. The van der Waals surface area contributed by atoms with Crippen molar-refractivity contribution >= 4 is 20.7 Å². The van der Waals surface area contributed by atoms with Crippen LogP contribution in [-0.2, 0) is 25.5 Å². The van der Waals surface area contributed by atoms with Crippen molar-refractivity contribution in [2.75, 3.05) is 19.5 Å². The zero-order chi connectivity index (χ0) is 23.1. The number of methoxy groups -OCH3 is 1. The minimum absolute atomic E-state index is 0.199. The summed E-state index contributed by atoms with van der Waals surface area (Å²) in [6.07, 6.45) is -0.299. The van der Waals surface area contributed by atoms with Crippen LogP contribution in [0.15, 0.2) is 86.4 Å². The first-order valence-corrected chi connectivity index (χ1v) is 13.2. The number of sulfonamides is 1. The van der Waals surface area contributed by atoms with E-state index in [9.17, 15) is 8.42 Å². The minimum atomic E-state index is -3.83. The summed E-state index contributed by atoms with van der Waals surface area (Å²) in [6, 6.07) is 22.3. The molecule has 0 radical (unpaired) electrons. The lowest BCUT2D eigenvalue weighted by atomic mass is 10.1. The van der Waals surface area contributed by atoms with E-state index in [1.165, 1.54) is 0 Å². The van der Waals surface area contributed by atoms with Crippen LogP contribution in [0, 0.1) is 13.8 Å². The van der Waals surface area contributed by atoms with E-state index in [0.717, 1.165) is 27.3 Å². The Labute approximate surface area is 193 Å². The molecule has 0 aliphatic carbocycles. The molecule has 170 valence electrons. The van der Waals surface area contributed by atoms with Crippen molar-refractivity contribution in [2.45, 2.75) is 36.7 Å². The molecule has 0 aromatic heterocycles. The summed E-state index contributed by atoms with van der Waals surface area (Å²) in [4.78, 5) is 1.06. The summed E-state index contributed by atoms with van der Waals surface area (Å²) in [5.74, 6) is 1.18. The van der Waals surface area contributed by atoms with Crippen molar-refractivity contribution in [3.05, 3.63) is 89.5 Å². The lowest BCUT2D eigenvalue weighted by Gasteiger charge is -2.20. The zero-order valence-electron chi connectivity index (χ0n) is 18.8. The van der Waals surface area contributed by atoms with Crippen molar-refractivity contribution in [3.63, 3.8) is 0 Å². The van der Waals surface area contributed by atoms with Crippen molar-refractivity contribution < 1.29 is 17.9 Å². The third-order valence-corrected chi connectivity index (χ3v) is 8.77. The lowest BCUT2D eigenvalue weighted by Crippen LogP contribution is -2.15. The molecule has 0 unspecified atom stereocenters. The fraction of sp³-hybridized carbons (Fsp3) is 0.280. The zero-order valence-corrected chi connectivity index (χ0v) is 20.4. The Balaban J connectivity index is 2.03. The van der Waals surface area contributed by atoms with E-state index in [4.69, 9.17) is 9.47 Å². The van der Waals surface area contributed by atoms with E-state index in [1.54, 1.807) is 31.4 Å². The van der Waals surface area contributed by atoms with Crippen molar-refractivity contribution in [1.82, 2.24) is 0 Å². The molecule has 0 fully saturated rings. The number of hydrogen-bond donors (Lipinski definition) is 0. The average molecular weight is 472 g/mol. The highest BCUT2D eigenvalue weighted by Gasteiger charge is 2.20. The van der Waals surface area contributed by atoms with Gasteiger partial charge in [-0.3, -0.25) is 0 Å². The molecule has 7 heteroatoms. The highest BCUT2D eigenvalue weighted by Crippen LogP contribution is 2.26. The molecule has 3 aromatic carbocycles. The molecule has 0 saturated carbocycles. The second kappa shape index (κ2) is 10.9. The second-order valence-electron chi connectivity index (χ2n) is 7.42. The summed E-state index contributed by atoms with van der Waals surface area (Å²) in [5, 5.41) is 0. The van der Waals surface area contributed by atoms with Gasteiger partial charge in [0, 0.05) is 17.3 Å². The molecule has 3 aromatic rings. The number of benzene rings is 3. The van der Waals surface area contributed by atoms with Crippen LogP contribution in [-0.4, -0.2) is 27.9 Å². The van der Waals surface area contributed by atoms with Crippen LogP contribution >= 0.6 is 0 Å². The molecular formula is C25H29NO4S2. The molecule has 0 saturated heterocycles. The largest absolute Gasteiger partial charge is 0.497 e. The van der Waals surface area contributed by atoms with Gasteiger partial charge in [-0.1, -0.05) is 47.5 Å². The van der Waals surface area contributed by atoms with E-state index in [-0.39, 0.29) is 11.0 Å². The van der Waals surface area contributed by atoms with Crippen LogP contribution in [0.3, 0.4) is 0 Å². The Hall–Kier alpha value is -2.48. The number of ether oxygens (including phenoxy) is 2. The van der Waals surface area contributed by atoms with Crippen LogP contribution in [0.4, 0.5) is 0 Å². The third kappa shape index (κ3) is 6.28. The fourth-order valence-corrected chi connectivity index (χ4v) is 6.72. The SMILES string of the molecule is CCO[C@H](C/[S@@](=N\S(=O)(=O)c1ccc(C)cc1)c1ccc(C)cc1)c1ccc(OC)cc1. The molecular weight excluding hydrogens is 442 g/mol. The summed E-state index contributed by atoms with van der Waals surface area (Å²) in [7, 11) is -3.13. The second-order valence-corrected chi connectivity index (χ2v) is 11.0. The Morgan fingerprint density at radius 1 is 0.875 bits per heavy atom. The normalized spacial score (nSPS) is 13.6. The van der Waals surface area contributed by atoms with Gasteiger partial charge in [0.05, 0.1) is 18.1 Å². The van der Waals surface area contributed by atoms with E-state index in [2.05, 4.69) is 3.77 Å². The van der Waals surface area contributed by atoms with Gasteiger partial charge in [0.1, 0.15) is 5.75 Å². The molecule has 0 bridgehead atoms. The molecule has 5 nitrogen and oxygen atoms in total. The van der Waals surface area contributed by atoms with E-state index < -0.39 is 20.7 Å². The maximum Gasteiger partial charge on any atom is 0.288 e. The van der Waals surface area contributed by atoms with Gasteiger partial charge in [-0.2, -0.15) is 8.42 Å². The van der Waals surface area contributed by atoms with Crippen LogP contribution in [0.5, 0.6) is 5.75 Å². The van der Waals surface area contributed by atoms with Gasteiger partial charge >= 0.3 is 0 Å². The molecule has 0 aliphatic heterocycles. The Morgan fingerprint density at radius 3 is 1.97 bits per heavy atom. The quantitative estimate of drug-likeness (QED) is 0.405. The van der Waals surface area contributed by atoms with Crippen molar-refractivity contribution in [2.24, 2.45) is 3.77 Å². The van der Waals surface area contributed by atoms with Gasteiger partial charge in [-0.05, 0) is 73.4 Å². The van der Waals surface area contributed by atoms with Crippen LogP contribution in [0.25, 0.3) is 0 Å².